The molecular weight excluding hydrogens is 440 g/mol. The number of carbonyl (C=O) groups is 1. The number of allylic oxidation sites excluding steroid dienone is 7. The second-order valence-electron chi connectivity index (χ2n) is 10.9. The zero-order valence-corrected chi connectivity index (χ0v) is 22.1. The fourth-order valence-corrected chi connectivity index (χ4v) is 6.35. The van der Waals surface area contributed by atoms with Gasteiger partial charge >= 0.3 is 0 Å². The van der Waals surface area contributed by atoms with Crippen molar-refractivity contribution in [2.75, 3.05) is 13.2 Å². The Hall–Kier alpha value is -1.79. The van der Waals surface area contributed by atoms with Crippen molar-refractivity contribution in [1.29, 1.82) is 0 Å². The average Bonchev–Trinajstić information content (AvgIpc) is 3.16. The summed E-state index contributed by atoms with van der Waals surface area (Å²) in [5, 5.41) is 42.6. The Kier molecular flexibility index (Phi) is 10.9. The van der Waals surface area contributed by atoms with Gasteiger partial charge in [-0.2, -0.15) is 0 Å². The van der Waals surface area contributed by atoms with Crippen molar-refractivity contribution in [1.82, 2.24) is 0 Å². The first kappa shape index (κ1) is 29.4. The van der Waals surface area contributed by atoms with E-state index in [1.54, 1.807) is 0 Å². The molecule has 2 aliphatic carbocycles. The average molecular weight is 487 g/mol. The van der Waals surface area contributed by atoms with Crippen LogP contribution in [0.25, 0.3) is 0 Å². The van der Waals surface area contributed by atoms with Crippen molar-refractivity contribution in [2.45, 2.75) is 90.8 Å². The van der Waals surface area contributed by atoms with E-state index in [1.807, 2.05) is 32.1 Å². The van der Waals surface area contributed by atoms with Crippen molar-refractivity contribution >= 4 is 6.29 Å². The molecule has 0 bridgehead atoms. The van der Waals surface area contributed by atoms with E-state index >= 15 is 0 Å². The molecule has 1 spiro atoms. The Labute approximate surface area is 211 Å². The quantitative estimate of drug-likeness (QED) is 0.143. The highest BCUT2D eigenvalue weighted by atomic mass is 16.3. The fraction of sp³-hybridized carbons (Fsp3) is 0.633. The normalized spacial score (nSPS) is 32.8. The van der Waals surface area contributed by atoms with Gasteiger partial charge in [-0.1, -0.05) is 42.0 Å². The second-order valence-corrected chi connectivity index (χ2v) is 10.9. The van der Waals surface area contributed by atoms with Crippen LogP contribution in [0.5, 0.6) is 0 Å². The van der Waals surface area contributed by atoms with Gasteiger partial charge in [0.05, 0.1) is 18.3 Å². The van der Waals surface area contributed by atoms with Crippen LogP contribution in [0.2, 0.25) is 0 Å². The highest BCUT2D eigenvalue weighted by molar-refractivity contribution is 5.74. The molecule has 35 heavy (non-hydrogen) atoms. The minimum atomic E-state index is -1.09. The number of aliphatic hydroxyl groups excluding tert-OH is 3. The lowest BCUT2D eigenvalue weighted by Gasteiger charge is -2.55. The molecule has 0 aromatic heterocycles. The Morgan fingerprint density at radius 1 is 1.20 bits per heavy atom. The number of aldehydes is 1. The lowest BCUT2D eigenvalue weighted by molar-refractivity contribution is -0.167. The maximum Gasteiger partial charge on any atom is 0.145 e. The number of rotatable bonds is 11. The summed E-state index contributed by atoms with van der Waals surface area (Å²) in [6.07, 6.45) is 13.2. The maximum atomic E-state index is 11.7. The zero-order valence-electron chi connectivity index (χ0n) is 22.1. The van der Waals surface area contributed by atoms with Crippen LogP contribution in [0.1, 0.15) is 79.1 Å². The Morgan fingerprint density at radius 2 is 1.91 bits per heavy atom. The molecule has 2 saturated carbocycles. The molecule has 2 aliphatic rings. The van der Waals surface area contributed by atoms with Crippen LogP contribution in [0.3, 0.4) is 0 Å². The third kappa shape index (κ3) is 6.51. The minimum absolute atomic E-state index is 0.00316. The molecule has 0 aromatic rings. The van der Waals surface area contributed by atoms with Gasteiger partial charge in [-0.3, -0.25) is 4.79 Å². The van der Waals surface area contributed by atoms with E-state index in [2.05, 4.69) is 26.5 Å². The topological polar surface area (TPSA) is 98.0 Å². The second kappa shape index (κ2) is 13.0. The highest BCUT2D eigenvalue weighted by Crippen LogP contribution is 2.62. The van der Waals surface area contributed by atoms with Crippen molar-refractivity contribution in [3.63, 3.8) is 0 Å². The summed E-state index contributed by atoms with van der Waals surface area (Å²) >= 11 is 0. The molecule has 1 unspecified atom stereocenters. The molecule has 2 fully saturated rings. The van der Waals surface area contributed by atoms with E-state index in [1.165, 1.54) is 5.57 Å². The highest BCUT2D eigenvalue weighted by Gasteiger charge is 2.63. The van der Waals surface area contributed by atoms with Crippen molar-refractivity contribution in [2.24, 2.45) is 17.3 Å². The lowest BCUT2D eigenvalue weighted by Crippen LogP contribution is -2.59. The van der Waals surface area contributed by atoms with Crippen LogP contribution >= 0.6 is 0 Å². The molecule has 4 N–H and O–H groups in total. The first-order valence-corrected chi connectivity index (χ1v) is 13.0. The molecule has 0 aliphatic heterocycles. The molecule has 0 saturated heterocycles. The lowest BCUT2D eigenvalue weighted by atomic mass is 9.52. The molecule has 5 nitrogen and oxygen atoms in total. The predicted octanol–water partition coefficient (Wildman–Crippen LogP) is 4.97. The molecule has 0 aromatic carbocycles. The van der Waals surface area contributed by atoms with Gasteiger partial charge in [-0.05, 0) is 102 Å². The fourth-order valence-electron chi connectivity index (χ4n) is 6.35. The van der Waals surface area contributed by atoms with Crippen molar-refractivity contribution in [3.05, 3.63) is 58.7 Å². The van der Waals surface area contributed by atoms with Crippen molar-refractivity contribution < 1.29 is 25.2 Å². The van der Waals surface area contributed by atoms with E-state index in [-0.39, 0.29) is 25.0 Å². The van der Waals surface area contributed by atoms with E-state index in [9.17, 15) is 25.2 Å². The number of aliphatic hydroxyl groups is 4. The Morgan fingerprint density at radius 3 is 2.51 bits per heavy atom. The van der Waals surface area contributed by atoms with Crippen LogP contribution in [0.15, 0.2) is 58.7 Å². The number of hydrogen-bond donors (Lipinski definition) is 4. The van der Waals surface area contributed by atoms with Crippen LogP contribution in [0, 0.1) is 17.3 Å². The summed E-state index contributed by atoms with van der Waals surface area (Å²) in [6, 6.07) is 0. The standard InChI is InChI=1S/C30H46O5/c1-21(2)9-6-11-24(20-33)12-7-10-22(3)26-15-17-30(28(26)34)27(13-8-18-31)25(23(4)19-32)14-16-29(30,5)35/h7,9-10,12,19,26-28,31,33-35H,3,6,8,11,13-18,20H2,1-2,4-5H3/b10-7+,24-12-,25-23-/t26-,27-,28+,29+,30?/m1/s1. The summed E-state index contributed by atoms with van der Waals surface area (Å²) < 4.78 is 0. The molecule has 0 heterocycles. The molecule has 196 valence electrons. The first-order valence-electron chi connectivity index (χ1n) is 13.0. The van der Waals surface area contributed by atoms with E-state index in [0.717, 1.165) is 35.8 Å². The maximum absolute atomic E-state index is 11.7. The van der Waals surface area contributed by atoms with Gasteiger partial charge < -0.3 is 20.4 Å². The van der Waals surface area contributed by atoms with Gasteiger partial charge in [0.15, 0.2) is 0 Å². The van der Waals surface area contributed by atoms with Gasteiger partial charge in [0.1, 0.15) is 6.29 Å². The molecule has 2 rings (SSSR count). The summed E-state index contributed by atoms with van der Waals surface area (Å²) in [5.74, 6) is -0.377. The van der Waals surface area contributed by atoms with E-state index < -0.39 is 17.1 Å². The molecule has 5 heteroatoms. The van der Waals surface area contributed by atoms with Crippen LogP contribution in [-0.2, 0) is 4.79 Å². The molecular formula is C30H46O5. The first-order chi connectivity index (χ1) is 16.6. The molecule has 0 radical (unpaired) electrons. The SMILES string of the molecule is C=C(/C=C/C=C(\CO)CCC=C(C)C)[C@H]1CCC2([C@H](CCCO)/C(=C(/C)C=O)CC[C@]2(C)O)[C@H]1O. The Balaban J connectivity index is 2.30. The van der Waals surface area contributed by atoms with Crippen molar-refractivity contribution in [3.8, 4) is 0 Å². The molecule has 0 amide bonds. The predicted molar refractivity (Wildman–Crippen MR) is 142 cm³/mol. The third-order valence-corrected chi connectivity index (χ3v) is 8.38. The summed E-state index contributed by atoms with van der Waals surface area (Å²) in [6.45, 7) is 12.0. The van der Waals surface area contributed by atoms with Gasteiger partial charge in [0.2, 0.25) is 0 Å². The van der Waals surface area contributed by atoms with Gasteiger partial charge in [0.25, 0.3) is 0 Å². The third-order valence-electron chi connectivity index (χ3n) is 8.38. The van der Waals surface area contributed by atoms with Gasteiger partial charge in [-0.15, -0.1) is 0 Å². The Bertz CT molecular complexity index is 871. The minimum Gasteiger partial charge on any atom is -0.396 e. The summed E-state index contributed by atoms with van der Waals surface area (Å²) in [5.41, 5.74) is 2.79. The number of hydrogen-bond acceptors (Lipinski definition) is 5. The number of carbonyl (C=O) groups excluding carboxylic acids is 1. The summed E-state index contributed by atoms with van der Waals surface area (Å²) in [7, 11) is 0. The van der Waals surface area contributed by atoms with Crippen LogP contribution < -0.4 is 0 Å². The van der Waals surface area contributed by atoms with E-state index in [0.29, 0.717) is 44.1 Å². The summed E-state index contributed by atoms with van der Waals surface area (Å²) in [4.78, 5) is 11.7. The van der Waals surface area contributed by atoms with Gasteiger partial charge in [0, 0.05) is 17.9 Å². The van der Waals surface area contributed by atoms with Gasteiger partial charge in [-0.25, -0.2) is 0 Å². The molecule has 5 atom stereocenters. The largest absolute Gasteiger partial charge is 0.396 e. The van der Waals surface area contributed by atoms with Crippen LogP contribution in [-0.4, -0.2) is 51.6 Å². The zero-order chi connectivity index (χ0) is 26.2. The van der Waals surface area contributed by atoms with Crippen LogP contribution in [0.4, 0.5) is 0 Å². The van der Waals surface area contributed by atoms with E-state index in [4.69, 9.17) is 0 Å². The smallest absolute Gasteiger partial charge is 0.145 e. The monoisotopic (exact) mass is 486 g/mol.